The largest absolute Gasteiger partial charge is 0.393 e. The molecule has 4 aromatic rings. The molecule has 6 heteroatoms. The monoisotopic (exact) mass is 989 g/mol. The molecule has 0 heterocycles. The Hall–Kier alpha value is -3.36. The molecule has 6 aliphatic carbocycles. The van der Waals surface area contributed by atoms with Gasteiger partial charge < -0.3 is 30.6 Å². The number of aliphatic hydroxyl groups is 6. The van der Waals surface area contributed by atoms with Gasteiger partial charge in [-0.25, -0.2) is 0 Å². The molecule has 6 saturated carbocycles. The summed E-state index contributed by atoms with van der Waals surface area (Å²) in [4.78, 5) is 0. The van der Waals surface area contributed by atoms with Crippen molar-refractivity contribution in [2.75, 3.05) is 0 Å². The maximum atomic E-state index is 10.5. The molecule has 4 aromatic carbocycles. The van der Waals surface area contributed by atoms with Gasteiger partial charge in [0.05, 0.1) is 35.6 Å². The van der Waals surface area contributed by atoms with Crippen molar-refractivity contribution in [2.24, 2.45) is 35.5 Å². The third-order valence-electron chi connectivity index (χ3n) is 17.7. The lowest BCUT2D eigenvalue weighted by molar-refractivity contribution is -0.00363. The standard InChI is InChI=1S/2C13H18O.2C12H16O.2C8H16O/c2*1-13(14,12-9-5-6-10-12)11-7-3-2-4-8-11;2*13-12(11-8-4-5-9-11)10-6-2-1-3-7-10;2*1-2-8(9)7-5-3-4-6-7/h2*2-4,7-8,12,14H,5-6,9-10H2,1H3;2*1-3,6-7,11-13H,4-5,8-9H2;2*7-9H,2-6H2,1H3/t2*13-;2*12-;2*8-/m101010/s1. The van der Waals surface area contributed by atoms with E-state index in [1.54, 1.807) is 0 Å². The van der Waals surface area contributed by atoms with Crippen molar-refractivity contribution < 1.29 is 30.6 Å². The first-order valence-electron chi connectivity index (χ1n) is 29.2. The second-order valence-electron chi connectivity index (χ2n) is 22.8. The van der Waals surface area contributed by atoms with E-state index in [2.05, 4.69) is 13.8 Å². The Morgan fingerprint density at radius 2 is 0.569 bits per heavy atom. The average molecular weight is 990 g/mol. The molecule has 6 atom stereocenters. The van der Waals surface area contributed by atoms with Crippen LogP contribution in [-0.4, -0.2) is 42.8 Å². The Labute approximate surface area is 438 Å². The summed E-state index contributed by atoms with van der Waals surface area (Å²) in [5.41, 5.74) is 3.03. The van der Waals surface area contributed by atoms with Gasteiger partial charge in [-0.05, 0) is 162 Å². The van der Waals surface area contributed by atoms with Crippen molar-refractivity contribution in [2.45, 2.75) is 230 Å². The first-order valence-corrected chi connectivity index (χ1v) is 29.2. The molecule has 6 aliphatic rings. The second-order valence-corrected chi connectivity index (χ2v) is 22.8. The van der Waals surface area contributed by atoms with E-state index in [0.717, 1.165) is 35.1 Å². The van der Waals surface area contributed by atoms with Crippen LogP contribution >= 0.6 is 0 Å². The summed E-state index contributed by atoms with van der Waals surface area (Å²) < 4.78 is 0. The summed E-state index contributed by atoms with van der Waals surface area (Å²) in [6.45, 7) is 8.03. The molecule has 0 amide bonds. The number of hydrogen-bond donors (Lipinski definition) is 6. The molecule has 400 valence electrons. The van der Waals surface area contributed by atoms with E-state index in [0.29, 0.717) is 35.5 Å². The highest BCUT2D eigenvalue weighted by Gasteiger charge is 2.36. The molecule has 0 aliphatic heterocycles. The maximum absolute atomic E-state index is 10.5. The summed E-state index contributed by atoms with van der Waals surface area (Å²) >= 11 is 0. The normalized spacial score (nSPS) is 22.1. The van der Waals surface area contributed by atoms with Crippen LogP contribution in [0.1, 0.15) is 229 Å². The van der Waals surface area contributed by atoms with Crippen molar-refractivity contribution in [1.82, 2.24) is 0 Å². The van der Waals surface area contributed by atoms with Gasteiger partial charge in [0, 0.05) is 0 Å². The zero-order chi connectivity index (χ0) is 51.6. The summed E-state index contributed by atoms with van der Waals surface area (Å²) in [7, 11) is 0. The predicted molar refractivity (Wildman–Crippen MR) is 299 cm³/mol. The van der Waals surface area contributed by atoms with Gasteiger partial charge in [0.1, 0.15) is 0 Å². The number of benzene rings is 4. The van der Waals surface area contributed by atoms with Gasteiger partial charge >= 0.3 is 0 Å². The van der Waals surface area contributed by atoms with Crippen LogP contribution in [-0.2, 0) is 11.2 Å². The molecule has 6 nitrogen and oxygen atoms in total. The van der Waals surface area contributed by atoms with Crippen LogP contribution in [0.3, 0.4) is 0 Å². The van der Waals surface area contributed by atoms with E-state index in [9.17, 15) is 30.6 Å². The molecule has 0 unspecified atom stereocenters. The molecule has 6 fully saturated rings. The molecule has 10 rings (SSSR count). The Balaban J connectivity index is 0.000000162. The Bertz CT molecular complexity index is 1780. The minimum atomic E-state index is -0.627. The minimum absolute atomic E-state index is 0.00694. The second kappa shape index (κ2) is 32.2. The minimum Gasteiger partial charge on any atom is -0.393 e. The fraction of sp³-hybridized carbons (Fsp3) is 0.636. The summed E-state index contributed by atoms with van der Waals surface area (Å²) in [6.07, 6.45) is 31.4. The zero-order valence-electron chi connectivity index (χ0n) is 45.4. The smallest absolute Gasteiger partial charge is 0.0896 e. The van der Waals surface area contributed by atoms with E-state index in [-0.39, 0.29) is 24.4 Å². The first-order chi connectivity index (χ1) is 34.9. The van der Waals surface area contributed by atoms with E-state index in [4.69, 9.17) is 0 Å². The molecule has 72 heavy (non-hydrogen) atoms. The number of aliphatic hydroxyl groups excluding tert-OH is 4. The third kappa shape index (κ3) is 19.1. The molecule has 0 radical (unpaired) electrons. The van der Waals surface area contributed by atoms with E-state index >= 15 is 0 Å². The molecule has 0 aromatic heterocycles. The maximum Gasteiger partial charge on any atom is 0.0896 e. The zero-order valence-corrected chi connectivity index (χ0v) is 45.4. The van der Waals surface area contributed by atoms with Crippen LogP contribution in [0.2, 0.25) is 0 Å². The summed E-state index contributed by atoms with van der Waals surface area (Å²) in [5, 5.41) is 59.7. The van der Waals surface area contributed by atoms with Crippen LogP contribution < -0.4 is 0 Å². The lowest BCUT2D eigenvalue weighted by atomic mass is 9.82. The summed E-state index contributed by atoms with van der Waals surface area (Å²) in [6, 6.07) is 40.1. The van der Waals surface area contributed by atoms with Crippen molar-refractivity contribution in [3.8, 4) is 0 Å². The lowest BCUT2D eigenvalue weighted by Gasteiger charge is -2.30. The van der Waals surface area contributed by atoms with Crippen LogP contribution in [0.5, 0.6) is 0 Å². The van der Waals surface area contributed by atoms with Crippen molar-refractivity contribution in [3.63, 3.8) is 0 Å². The molecular formula is C66H100O6. The van der Waals surface area contributed by atoms with Crippen LogP contribution in [0.4, 0.5) is 0 Å². The molecule has 0 spiro atoms. The van der Waals surface area contributed by atoms with Gasteiger partial charge in [0.15, 0.2) is 0 Å². The molecule has 0 saturated heterocycles. The fourth-order valence-corrected chi connectivity index (χ4v) is 12.7. The number of hydrogen-bond acceptors (Lipinski definition) is 6. The highest BCUT2D eigenvalue weighted by Crippen LogP contribution is 2.42. The van der Waals surface area contributed by atoms with Gasteiger partial charge in [-0.15, -0.1) is 0 Å². The van der Waals surface area contributed by atoms with E-state index < -0.39 is 11.2 Å². The topological polar surface area (TPSA) is 121 Å². The summed E-state index contributed by atoms with van der Waals surface area (Å²) in [5.74, 6) is 3.17. The van der Waals surface area contributed by atoms with Crippen LogP contribution in [0, 0.1) is 35.5 Å². The highest BCUT2D eigenvalue weighted by atomic mass is 16.3. The molecule has 6 N–H and O–H groups in total. The van der Waals surface area contributed by atoms with Gasteiger partial charge in [0.2, 0.25) is 0 Å². The number of rotatable bonds is 12. The predicted octanol–water partition coefficient (Wildman–Crippen LogP) is 15.9. The van der Waals surface area contributed by atoms with Crippen LogP contribution in [0.25, 0.3) is 0 Å². The van der Waals surface area contributed by atoms with Gasteiger partial charge in [-0.3, -0.25) is 0 Å². The van der Waals surface area contributed by atoms with Gasteiger partial charge in [-0.1, -0.05) is 212 Å². The molecular weight excluding hydrogens is 889 g/mol. The van der Waals surface area contributed by atoms with Gasteiger partial charge in [-0.2, -0.15) is 0 Å². The third-order valence-corrected chi connectivity index (χ3v) is 17.7. The van der Waals surface area contributed by atoms with Crippen LogP contribution in [0.15, 0.2) is 121 Å². The fourth-order valence-electron chi connectivity index (χ4n) is 12.7. The average Bonchev–Trinajstić information content (AvgIpc) is 4.29. The van der Waals surface area contributed by atoms with Crippen molar-refractivity contribution in [1.29, 1.82) is 0 Å². The lowest BCUT2D eigenvalue weighted by Crippen LogP contribution is -2.29. The molecule has 0 bridgehead atoms. The quantitative estimate of drug-likeness (QED) is 0.0841. The van der Waals surface area contributed by atoms with E-state index in [1.807, 2.05) is 135 Å². The van der Waals surface area contributed by atoms with Crippen molar-refractivity contribution in [3.05, 3.63) is 144 Å². The van der Waals surface area contributed by atoms with E-state index in [1.165, 1.54) is 154 Å². The Morgan fingerprint density at radius 3 is 0.819 bits per heavy atom. The van der Waals surface area contributed by atoms with Crippen molar-refractivity contribution >= 4 is 0 Å². The Morgan fingerprint density at radius 1 is 0.347 bits per heavy atom. The first kappa shape index (κ1) is 59.5. The SMILES string of the molecule is CC[C@@H](O)C1CCCC1.CC[C@H](O)C1CCCC1.C[C@@](O)(c1ccccc1)C1CCCC1.C[C@](O)(c1ccccc1)C1CCCC1.O[C@@H](c1ccccc1)C1CCCC1.O[C@H](c1ccccc1)C1CCCC1. The Kier molecular flexibility index (Phi) is 26.6. The van der Waals surface area contributed by atoms with Gasteiger partial charge in [0.25, 0.3) is 0 Å². The highest BCUT2D eigenvalue weighted by molar-refractivity contribution is 5.24.